The van der Waals surface area contributed by atoms with Crippen molar-refractivity contribution in [3.63, 3.8) is 0 Å². The number of halogens is 1. The molecule has 8 heteroatoms. The summed E-state index contributed by atoms with van der Waals surface area (Å²) in [6.45, 7) is 1.22. The molecule has 0 amide bonds. The van der Waals surface area contributed by atoms with Crippen LogP contribution in [0.5, 0.6) is 0 Å². The van der Waals surface area contributed by atoms with Crippen LogP contribution in [-0.2, 0) is 23.2 Å². The molecule has 0 unspecified atom stereocenters. The molecule has 0 radical (unpaired) electrons. The van der Waals surface area contributed by atoms with E-state index in [4.69, 9.17) is 9.63 Å². The molecule has 0 aliphatic rings. The molecule has 0 fully saturated rings. The molecular formula is C12H13FN2O4S. The van der Waals surface area contributed by atoms with E-state index in [1.54, 1.807) is 13.0 Å². The van der Waals surface area contributed by atoms with Gasteiger partial charge in [-0.05, 0) is 24.6 Å². The van der Waals surface area contributed by atoms with Crippen LogP contribution in [0.1, 0.15) is 17.0 Å². The third-order valence-electron chi connectivity index (χ3n) is 2.59. The number of aryl methyl sites for hydroxylation is 1. The van der Waals surface area contributed by atoms with Gasteiger partial charge in [0.25, 0.3) is 0 Å². The van der Waals surface area contributed by atoms with Gasteiger partial charge in [0.1, 0.15) is 16.5 Å². The van der Waals surface area contributed by atoms with Crippen molar-refractivity contribution in [2.45, 2.75) is 25.0 Å². The molecule has 0 spiro atoms. The van der Waals surface area contributed by atoms with Crippen molar-refractivity contribution in [2.75, 3.05) is 0 Å². The molecule has 1 aromatic heterocycles. The van der Waals surface area contributed by atoms with Gasteiger partial charge >= 0.3 is 0 Å². The molecule has 2 N–H and O–H groups in total. The zero-order valence-corrected chi connectivity index (χ0v) is 11.4. The van der Waals surface area contributed by atoms with E-state index >= 15 is 0 Å². The van der Waals surface area contributed by atoms with E-state index in [-0.39, 0.29) is 13.2 Å². The quantitative estimate of drug-likeness (QED) is 0.862. The summed E-state index contributed by atoms with van der Waals surface area (Å²) in [4.78, 5) is -0.477. The fourth-order valence-electron chi connectivity index (χ4n) is 1.61. The smallest absolute Gasteiger partial charge is 0.243 e. The summed E-state index contributed by atoms with van der Waals surface area (Å²) in [5.41, 5.74) is 0.701. The van der Waals surface area contributed by atoms with E-state index in [1.165, 1.54) is 6.07 Å². The molecule has 1 heterocycles. The summed E-state index contributed by atoms with van der Waals surface area (Å²) in [7, 11) is -3.99. The third kappa shape index (κ3) is 3.21. The molecule has 0 saturated carbocycles. The number of rotatable bonds is 5. The second-order valence-corrected chi connectivity index (χ2v) is 5.91. The monoisotopic (exact) mass is 300 g/mol. The lowest BCUT2D eigenvalue weighted by atomic mass is 10.2. The Bertz CT molecular complexity index is 712. The number of aliphatic hydroxyl groups is 1. The summed E-state index contributed by atoms with van der Waals surface area (Å²) in [6.07, 6.45) is 0. The highest BCUT2D eigenvalue weighted by molar-refractivity contribution is 7.89. The molecule has 6 nitrogen and oxygen atoms in total. The maximum absolute atomic E-state index is 13.7. The lowest BCUT2D eigenvalue weighted by Crippen LogP contribution is -2.24. The largest absolute Gasteiger partial charge is 0.392 e. The lowest BCUT2D eigenvalue weighted by Gasteiger charge is -2.07. The highest BCUT2D eigenvalue weighted by atomic mass is 32.2. The second kappa shape index (κ2) is 5.70. The van der Waals surface area contributed by atoms with Gasteiger partial charge in [-0.25, -0.2) is 17.5 Å². The van der Waals surface area contributed by atoms with E-state index in [0.29, 0.717) is 17.0 Å². The third-order valence-corrected chi connectivity index (χ3v) is 4.02. The van der Waals surface area contributed by atoms with Gasteiger partial charge in [0, 0.05) is 6.07 Å². The van der Waals surface area contributed by atoms with Crippen molar-refractivity contribution < 1.29 is 22.4 Å². The van der Waals surface area contributed by atoms with Gasteiger partial charge in [-0.2, -0.15) is 0 Å². The summed E-state index contributed by atoms with van der Waals surface area (Å²) in [5.74, 6) is -0.363. The van der Waals surface area contributed by atoms with Crippen molar-refractivity contribution >= 4 is 10.0 Å². The van der Waals surface area contributed by atoms with Crippen LogP contribution in [0.15, 0.2) is 33.7 Å². The number of benzene rings is 1. The summed E-state index contributed by atoms with van der Waals surface area (Å²) < 4.78 is 44.7. The van der Waals surface area contributed by atoms with Crippen molar-refractivity contribution in [2.24, 2.45) is 0 Å². The molecule has 0 aliphatic carbocycles. The van der Waals surface area contributed by atoms with Gasteiger partial charge in [-0.15, -0.1) is 0 Å². The molecule has 20 heavy (non-hydrogen) atoms. The standard InChI is InChI=1S/C12H13FN2O4S/c1-8-4-10(15-19-8)6-14-20(17,18)12-3-2-9(7-16)5-11(12)13/h2-5,14,16H,6-7H2,1H3. The Morgan fingerprint density at radius 2 is 2.15 bits per heavy atom. The Morgan fingerprint density at radius 3 is 2.70 bits per heavy atom. The predicted molar refractivity (Wildman–Crippen MR) is 67.6 cm³/mol. The van der Waals surface area contributed by atoms with Crippen LogP contribution >= 0.6 is 0 Å². The first kappa shape index (κ1) is 14.6. The normalized spacial score (nSPS) is 11.8. The van der Waals surface area contributed by atoms with Crippen LogP contribution < -0.4 is 4.72 Å². The molecule has 2 aromatic rings. The number of nitrogens with one attached hydrogen (secondary N) is 1. The van der Waals surface area contributed by atoms with Crippen molar-refractivity contribution in [1.29, 1.82) is 0 Å². The Labute approximate surface area is 115 Å². The number of hydrogen-bond donors (Lipinski definition) is 2. The molecule has 108 valence electrons. The molecular weight excluding hydrogens is 287 g/mol. The van der Waals surface area contributed by atoms with Crippen molar-refractivity contribution in [3.05, 3.63) is 47.1 Å². The fraction of sp³-hybridized carbons (Fsp3) is 0.250. The molecule has 2 rings (SSSR count). The molecule has 0 bridgehead atoms. The number of aromatic nitrogens is 1. The Balaban J connectivity index is 2.18. The maximum Gasteiger partial charge on any atom is 0.243 e. The van der Waals surface area contributed by atoms with Crippen molar-refractivity contribution in [3.8, 4) is 0 Å². The minimum Gasteiger partial charge on any atom is -0.392 e. The Kier molecular flexibility index (Phi) is 4.17. The highest BCUT2D eigenvalue weighted by Gasteiger charge is 2.19. The van der Waals surface area contributed by atoms with Gasteiger partial charge in [-0.3, -0.25) is 0 Å². The first-order chi connectivity index (χ1) is 9.42. The number of nitrogens with zero attached hydrogens (tertiary/aromatic N) is 1. The highest BCUT2D eigenvalue weighted by Crippen LogP contribution is 2.16. The zero-order valence-electron chi connectivity index (χ0n) is 10.6. The van der Waals surface area contributed by atoms with Crippen LogP contribution in [0.2, 0.25) is 0 Å². The number of hydrogen-bond acceptors (Lipinski definition) is 5. The number of aliphatic hydroxyl groups excluding tert-OH is 1. The van der Waals surface area contributed by atoms with E-state index in [2.05, 4.69) is 9.88 Å². The van der Waals surface area contributed by atoms with Gasteiger partial charge in [0.2, 0.25) is 10.0 Å². The average Bonchev–Trinajstić information content (AvgIpc) is 2.82. The fourth-order valence-corrected chi connectivity index (χ4v) is 2.66. The maximum atomic E-state index is 13.7. The molecule has 0 saturated heterocycles. The molecule has 0 atom stereocenters. The van der Waals surface area contributed by atoms with Crippen LogP contribution in [-0.4, -0.2) is 18.7 Å². The van der Waals surface area contributed by atoms with Gasteiger partial charge in [-0.1, -0.05) is 11.2 Å². The molecule has 0 aliphatic heterocycles. The van der Waals surface area contributed by atoms with Crippen LogP contribution in [0, 0.1) is 12.7 Å². The van der Waals surface area contributed by atoms with E-state index in [1.807, 2.05) is 0 Å². The summed E-state index contributed by atoms with van der Waals surface area (Å²) in [6, 6.07) is 5.01. The van der Waals surface area contributed by atoms with Gasteiger partial charge in [0.05, 0.1) is 18.8 Å². The summed E-state index contributed by atoms with van der Waals surface area (Å²) >= 11 is 0. The lowest BCUT2D eigenvalue weighted by molar-refractivity contribution is 0.281. The van der Waals surface area contributed by atoms with Crippen LogP contribution in [0.4, 0.5) is 4.39 Å². The van der Waals surface area contributed by atoms with E-state index < -0.39 is 20.7 Å². The van der Waals surface area contributed by atoms with Crippen LogP contribution in [0.3, 0.4) is 0 Å². The minimum absolute atomic E-state index is 0.0964. The van der Waals surface area contributed by atoms with Gasteiger partial charge in [0.15, 0.2) is 0 Å². The van der Waals surface area contributed by atoms with E-state index in [0.717, 1.165) is 12.1 Å². The average molecular weight is 300 g/mol. The zero-order chi connectivity index (χ0) is 14.8. The first-order valence-electron chi connectivity index (χ1n) is 5.73. The summed E-state index contributed by atoms with van der Waals surface area (Å²) in [5, 5.41) is 12.5. The SMILES string of the molecule is Cc1cc(CNS(=O)(=O)c2ccc(CO)cc2F)no1. The topological polar surface area (TPSA) is 92.4 Å². The van der Waals surface area contributed by atoms with Gasteiger partial charge < -0.3 is 9.63 Å². The van der Waals surface area contributed by atoms with E-state index in [9.17, 15) is 12.8 Å². The minimum atomic E-state index is -3.99. The first-order valence-corrected chi connectivity index (χ1v) is 7.22. The predicted octanol–water partition coefficient (Wildman–Crippen LogP) is 1.09. The van der Waals surface area contributed by atoms with Crippen molar-refractivity contribution in [1.82, 2.24) is 9.88 Å². The second-order valence-electron chi connectivity index (χ2n) is 4.18. The van der Waals surface area contributed by atoms with Crippen LogP contribution in [0.25, 0.3) is 0 Å². The number of sulfonamides is 1. The Morgan fingerprint density at radius 1 is 1.40 bits per heavy atom. The molecule has 1 aromatic carbocycles. The Hall–Kier alpha value is -1.77.